The number of benzene rings is 1. The summed E-state index contributed by atoms with van der Waals surface area (Å²) in [5.74, 6) is 0.375. The Morgan fingerprint density at radius 3 is 2.72 bits per heavy atom. The summed E-state index contributed by atoms with van der Waals surface area (Å²) in [6, 6.07) is 11.2. The molecule has 1 aromatic carbocycles. The monoisotopic (exact) mass is 334 g/mol. The average Bonchev–Trinajstić information content (AvgIpc) is 2.89. The highest BCUT2D eigenvalue weighted by molar-refractivity contribution is 6.14. The van der Waals surface area contributed by atoms with Crippen LogP contribution >= 0.6 is 0 Å². The molecule has 1 aromatic heterocycles. The maximum atomic E-state index is 12.9. The first-order valence-corrected chi connectivity index (χ1v) is 8.19. The fourth-order valence-electron chi connectivity index (χ4n) is 2.78. The average molecular weight is 334 g/mol. The summed E-state index contributed by atoms with van der Waals surface area (Å²) < 4.78 is 7.57. The van der Waals surface area contributed by atoms with E-state index < -0.39 is 0 Å². The molecule has 0 fully saturated rings. The Morgan fingerprint density at radius 2 is 2.08 bits per heavy atom. The number of ether oxygens (including phenoxy) is 1. The number of hydrogen-bond acceptors (Lipinski definition) is 3. The van der Waals surface area contributed by atoms with E-state index in [2.05, 4.69) is 6.58 Å². The number of ketones is 1. The molecule has 4 heteroatoms. The Morgan fingerprint density at radius 1 is 1.36 bits per heavy atom. The topological polar surface area (TPSA) is 55.0 Å². The molecule has 0 aliphatic rings. The molecule has 0 aliphatic heterocycles. The maximum Gasteiger partial charge on any atom is 0.205 e. The zero-order chi connectivity index (χ0) is 18.4. The highest BCUT2D eigenvalue weighted by Crippen LogP contribution is 2.24. The van der Waals surface area contributed by atoms with E-state index in [-0.39, 0.29) is 11.4 Å². The molecule has 2 aromatic rings. The quantitative estimate of drug-likeness (QED) is 0.325. The smallest absolute Gasteiger partial charge is 0.205 e. The number of hydrogen-bond donors (Lipinski definition) is 0. The molecule has 0 saturated carbocycles. The predicted octanol–water partition coefficient (Wildman–Crippen LogP) is 4.48. The first-order chi connectivity index (χ1) is 12.0. The predicted molar refractivity (Wildman–Crippen MR) is 99.6 cm³/mol. The van der Waals surface area contributed by atoms with Gasteiger partial charge in [0.2, 0.25) is 5.78 Å². The summed E-state index contributed by atoms with van der Waals surface area (Å²) in [5, 5.41) is 9.51. The van der Waals surface area contributed by atoms with E-state index >= 15 is 0 Å². The van der Waals surface area contributed by atoms with E-state index in [9.17, 15) is 10.1 Å². The first kappa shape index (κ1) is 18.3. The number of aryl methyl sites for hydroxylation is 1. The van der Waals surface area contributed by atoms with Crippen molar-refractivity contribution in [1.82, 2.24) is 4.57 Å². The van der Waals surface area contributed by atoms with Gasteiger partial charge in [0, 0.05) is 29.1 Å². The molecule has 0 radical (unpaired) electrons. The maximum absolute atomic E-state index is 12.9. The van der Waals surface area contributed by atoms with E-state index in [0.29, 0.717) is 30.0 Å². The first-order valence-electron chi connectivity index (χ1n) is 8.19. The second-order valence-corrected chi connectivity index (χ2v) is 5.65. The third kappa shape index (κ3) is 3.89. The molecule has 0 amide bonds. The molecule has 2 rings (SSSR count). The number of allylic oxidation sites excluding steroid dienone is 2. The lowest BCUT2D eigenvalue weighted by Crippen LogP contribution is -2.06. The van der Waals surface area contributed by atoms with Crippen LogP contribution in [0.4, 0.5) is 0 Å². The van der Waals surface area contributed by atoms with Crippen molar-refractivity contribution < 1.29 is 9.53 Å². The van der Waals surface area contributed by atoms with Crippen LogP contribution in [0.5, 0.6) is 5.75 Å². The van der Waals surface area contributed by atoms with Crippen LogP contribution in [0.15, 0.2) is 48.6 Å². The number of carbonyl (C=O) groups is 1. The molecular formula is C21H22N2O2. The molecule has 0 N–H and O–H groups in total. The number of nitriles is 1. The van der Waals surface area contributed by atoms with Crippen LogP contribution in [0.2, 0.25) is 0 Å². The molecule has 0 aliphatic carbocycles. The van der Waals surface area contributed by atoms with Gasteiger partial charge in [-0.1, -0.05) is 24.3 Å². The molecule has 25 heavy (non-hydrogen) atoms. The van der Waals surface area contributed by atoms with Gasteiger partial charge in [-0.15, -0.1) is 6.58 Å². The highest BCUT2D eigenvalue weighted by atomic mass is 16.5. The Hall–Kier alpha value is -3.06. The standard InChI is InChI=1S/C21H22N2O2/c1-5-11-23-15(3)12-19(16(23)4)21(24)18(14-22)13-17-9-7-8-10-20(17)25-6-2/h5,7-10,12-13H,1,6,11H2,2-4H3/b18-13+. The normalized spacial score (nSPS) is 11.0. The van der Waals surface area contributed by atoms with Crippen LogP contribution in [-0.2, 0) is 6.54 Å². The highest BCUT2D eigenvalue weighted by Gasteiger charge is 2.19. The van der Waals surface area contributed by atoms with Crippen molar-refractivity contribution in [2.75, 3.05) is 6.61 Å². The lowest BCUT2D eigenvalue weighted by Gasteiger charge is -2.08. The molecule has 0 atom stereocenters. The van der Waals surface area contributed by atoms with Crippen molar-refractivity contribution in [3.05, 3.63) is 71.1 Å². The zero-order valence-electron chi connectivity index (χ0n) is 14.9. The van der Waals surface area contributed by atoms with Crippen LogP contribution in [0, 0.1) is 25.2 Å². The fraction of sp³-hybridized carbons (Fsp3) is 0.238. The van der Waals surface area contributed by atoms with Gasteiger partial charge in [0.25, 0.3) is 0 Å². The summed E-state index contributed by atoms with van der Waals surface area (Å²) >= 11 is 0. The van der Waals surface area contributed by atoms with Crippen molar-refractivity contribution in [3.8, 4) is 11.8 Å². The Kier molecular flexibility index (Phi) is 5.97. The van der Waals surface area contributed by atoms with Gasteiger partial charge < -0.3 is 9.30 Å². The largest absolute Gasteiger partial charge is 0.493 e. The van der Waals surface area contributed by atoms with Crippen molar-refractivity contribution in [2.24, 2.45) is 0 Å². The molecule has 1 heterocycles. The van der Waals surface area contributed by atoms with Crippen molar-refractivity contribution in [1.29, 1.82) is 5.26 Å². The third-order valence-electron chi connectivity index (χ3n) is 4.01. The number of aromatic nitrogens is 1. The van der Waals surface area contributed by atoms with E-state index in [4.69, 9.17) is 4.74 Å². The number of nitrogens with zero attached hydrogens (tertiary/aromatic N) is 2. The van der Waals surface area contributed by atoms with Gasteiger partial charge in [0.15, 0.2) is 0 Å². The minimum Gasteiger partial charge on any atom is -0.493 e. The van der Waals surface area contributed by atoms with E-state index in [1.165, 1.54) is 0 Å². The lowest BCUT2D eigenvalue weighted by atomic mass is 10.0. The number of rotatable bonds is 7. The van der Waals surface area contributed by atoms with Crippen LogP contribution < -0.4 is 4.74 Å². The van der Waals surface area contributed by atoms with Crippen LogP contribution in [-0.4, -0.2) is 17.0 Å². The summed E-state index contributed by atoms with van der Waals surface area (Å²) in [6.45, 7) is 10.6. The van der Waals surface area contributed by atoms with E-state index in [0.717, 1.165) is 11.4 Å². The van der Waals surface area contributed by atoms with Crippen LogP contribution in [0.1, 0.15) is 34.2 Å². The van der Waals surface area contributed by atoms with Crippen LogP contribution in [0.3, 0.4) is 0 Å². The van der Waals surface area contributed by atoms with Gasteiger partial charge in [0.05, 0.1) is 6.61 Å². The van der Waals surface area contributed by atoms with E-state index in [1.807, 2.05) is 61.7 Å². The van der Waals surface area contributed by atoms with Gasteiger partial charge in [-0.05, 0) is 39.0 Å². The van der Waals surface area contributed by atoms with Crippen molar-refractivity contribution in [2.45, 2.75) is 27.3 Å². The van der Waals surface area contributed by atoms with Crippen LogP contribution in [0.25, 0.3) is 6.08 Å². The second-order valence-electron chi connectivity index (χ2n) is 5.65. The fourth-order valence-corrected chi connectivity index (χ4v) is 2.78. The molecular weight excluding hydrogens is 312 g/mol. The minimum absolute atomic E-state index is 0.0889. The van der Waals surface area contributed by atoms with Gasteiger partial charge in [-0.2, -0.15) is 5.26 Å². The Balaban J connectivity index is 2.45. The number of Topliss-reactive ketones (excluding diaryl/α,β-unsaturated/α-hetero) is 1. The summed E-state index contributed by atoms with van der Waals surface area (Å²) in [5.41, 5.74) is 3.15. The molecule has 4 nitrogen and oxygen atoms in total. The molecule has 0 unspecified atom stereocenters. The minimum atomic E-state index is -0.280. The molecule has 0 spiro atoms. The van der Waals surface area contributed by atoms with Gasteiger partial charge in [-0.25, -0.2) is 0 Å². The second kappa shape index (κ2) is 8.16. The molecule has 128 valence electrons. The van der Waals surface area contributed by atoms with Crippen molar-refractivity contribution in [3.63, 3.8) is 0 Å². The van der Waals surface area contributed by atoms with Crippen molar-refractivity contribution >= 4 is 11.9 Å². The van der Waals surface area contributed by atoms with Gasteiger partial charge >= 0.3 is 0 Å². The Labute approximate surface area is 148 Å². The zero-order valence-corrected chi connectivity index (χ0v) is 14.9. The van der Waals surface area contributed by atoms with Gasteiger partial charge in [-0.3, -0.25) is 4.79 Å². The molecule has 0 saturated heterocycles. The lowest BCUT2D eigenvalue weighted by molar-refractivity contribution is 0.103. The summed E-state index contributed by atoms with van der Waals surface area (Å²) in [7, 11) is 0. The number of carbonyl (C=O) groups excluding carboxylic acids is 1. The van der Waals surface area contributed by atoms with Gasteiger partial charge in [0.1, 0.15) is 17.4 Å². The Bertz CT molecular complexity index is 867. The molecule has 0 bridgehead atoms. The summed E-state index contributed by atoms with van der Waals surface area (Å²) in [6.07, 6.45) is 3.38. The summed E-state index contributed by atoms with van der Waals surface area (Å²) in [4.78, 5) is 12.9. The number of para-hydroxylation sites is 1. The third-order valence-corrected chi connectivity index (χ3v) is 4.01. The van der Waals surface area contributed by atoms with E-state index in [1.54, 1.807) is 12.2 Å². The SMILES string of the molecule is C=CCn1c(C)cc(C(=O)/C(C#N)=C/c2ccccc2OCC)c1C.